The molecule has 5 heteroatoms. The molecule has 1 aromatic heterocycles. The molecule has 20 heavy (non-hydrogen) atoms. The third kappa shape index (κ3) is 2.04. The molecule has 2 N–H and O–H groups in total. The number of hydrogen-bond acceptors (Lipinski definition) is 5. The Hall–Kier alpha value is -2.01. The quantitative estimate of drug-likeness (QED) is 0.863. The van der Waals surface area contributed by atoms with Crippen molar-refractivity contribution in [1.29, 1.82) is 0 Å². The minimum Gasteiger partial charge on any atom is -0.486 e. The number of rotatable bonds is 2. The highest BCUT2D eigenvalue weighted by atomic mass is 32.1. The molecular weight excluding hydrogens is 274 g/mol. The van der Waals surface area contributed by atoms with Crippen LogP contribution in [0.3, 0.4) is 0 Å². The lowest BCUT2D eigenvalue weighted by atomic mass is 10.0. The van der Waals surface area contributed by atoms with E-state index in [2.05, 4.69) is 0 Å². The van der Waals surface area contributed by atoms with Gasteiger partial charge in [-0.15, -0.1) is 11.3 Å². The number of ether oxygens (including phenoxy) is 2. The van der Waals surface area contributed by atoms with Crippen molar-refractivity contribution in [1.82, 2.24) is 0 Å². The Balaban J connectivity index is 2.02. The number of hydrogen-bond donors (Lipinski definition) is 1. The molecular formula is C15H15NO3S. The van der Waals surface area contributed by atoms with Crippen LogP contribution in [-0.2, 0) is 0 Å². The molecule has 0 saturated carbocycles. The van der Waals surface area contributed by atoms with Crippen LogP contribution in [0.2, 0.25) is 0 Å². The summed E-state index contributed by atoms with van der Waals surface area (Å²) in [5.41, 5.74) is 8.08. The summed E-state index contributed by atoms with van der Waals surface area (Å²) in [6.45, 7) is 4.93. The number of benzene rings is 1. The van der Waals surface area contributed by atoms with E-state index in [1.54, 1.807) is 18.2 Å². The van der Waals surface area contributed by atoms with Gasteiger partial charge in [0.25, 0.3) is 0 Å². The Morgan fingerprint density at radius 3 is 2.55 bits per heavy atom. The van der Waals surface area contributed by atoms with Crippen LogP contribution in [0.4, 0.5) is 5.00 Å². The van der Waals surface area contributed by atoms with E-state index in [0.717, 1.165) is 10.4 Å². The molecule has 0 unspecified atom stereocenters. The SMILES string of the molecule is Cc1sc(N)c(C(=O)c2ccc3c(c2)OCCO3)c1C. The van der Waals surface area contributed by atoms with Gasteiger partial charge in [0.15, 0.2) is 17.3 Å². The van der Waals surface area contributed by atoms with Gasteiger partial charge in [0.1, 0.15) is 13.2 Å². The number of carbonyl (C=O) groups is 1. The number of anilines is 1. The third-order valence-corrected chi connectivity index (χ3v) is 4.48. The number of ketones is 1. The van der Waals surface area contributed by atoms with Crippen LogP contribution in [0.15, 0.2) is 18.2 Å². The molecule has 0 bridgehead atoms. The van der Waals surface area contributed by atoms with Crippen LogP contribution >= 0.6 is 11.3 Å². The molecule has 0 spiro atoms. The Morgan fingerprint density at radius 2 is 1.90 bits per heavy atom. The van der Waals surface area contributed by atoms with Crippen molar-refractivity contribution in [2.24, 2.45) is 0 Å². The molecule has 2 aromatic rings. The van der Waals surface area contributed by atoms with Gasteiger partial charge in [-0.25, -0.2) is 0 Å². The van der Waals surface area contributed by atoms with E-state index in [1.807, 2.05) is 13.8 Å². The molecule has 0 fully saturated rings. The highest BCUT2D eigenvalue weighted by Crippen LogP contribution is 2.35. The largest absolute Gasteiger partial charge is 0.486 e. The first-order valence-corrected chi connectivity index (χ1v) is 7.19. The van der Waals surface area contributed by atoms with Crippen molar-refractivity contribution < 1.29 is 14.3 Å². The Labute approximate surface area is 121 Å². The minimum absolute atomic E-state index is 0.0682. The van der Waals surface area contributed by atoms with E-state index in [-0.39, 0.29) is 5.78 Å². The zero-order valence-electron chi connectivity index (χ0n) is 11.4. The number of nitrogens with two attached hydrogens (primary N) is 1. The maximum atomic E-state index is 12.6. The monoisotopic (exact) mass is 289 g/mol. The summed E-state index contributed by atoms with van der Waals surface area (Å²) in [6, 6.07) is 5.25. The van der Waals surface area contributed by atoms with Crippen LogP contribution in [0.25, 0.3) is 0 Å². The van der Waals surface area contributed by atoms with Gasteiger partial charge >= 0.3 is 0 Å². The van der Waals surface area contributed by atoms with E-state index in [4.69, 9.17) is 15.2 Å². The zero-order chi connectivity index (χ0) is 14.3. The predicted molar refractivity (Wildman–Crippen MR) is 79.1 cm³/mol. The van der Waals surface area contributed by atoms with Gasteiger partial charge in [-0.3, -0.25) is 4.79 Å². The first-order valence-electron chi connectivity index (χ1n) is 6.37. The third-order valence-electron chi connectivity index (χ3n) is 3.44. The standard InChI is InChI=1S/C15H15NO3S/c1-8-9(2)20-15(16)13(8)14(17)10-3-4-11-12(7-10)19-6-5-18-11/h3-4,7H,5-6,16H2,1-2H3. The van der Waals surface area contributed by atoms with Crippen LogP contribution in [0, 0.1) is 13.8 Å². The number of carbonyl (C=O) groups excluding carboxylic acids is 1. The molecule has 2 heterocycles. The summed E-state index contributed by atoms with van der Waals surface area (Å²) in [6.07, 6.45) is 0. The highest BCUT2D eigenvalue weighted by molar-refractivity contribution is 7.16. The molecule has 1 aromatic carbocycles. The summed E-state index contributed by atoms with van der Waals surface area (Å²) in [5, 5.41) is 0.569. The smallest absolute Gasteiger partial charge is 0.196 e. The van der Waals surface area contributed by atoms with Gasteiger partial charge in [0.2, 0.25) is 0 Å². The van der Waals surface area contributed by atoms with Gasteiger partial charge in [0.05, 0.1) is 10.6 Å². The molecule has 0 atom stereocenters. The lowest BCUT2D eigenvalue weighted by molar-refractivity contribution is 0.103. The molecule has 1 aliphatic heterocycles. The van der Waals surface area contributed by atoms with E-state index in [0.29, 0.717) is 40.8 Å². The van der Waals surface area contributed by atoms with Crippen molar-refractivity contribution in [2.45, 2.75) is 13.8 Å². The summed E-state index contributed by atoms with van der Waals surface area (Å²) >= 11 is 1.45. The number of nitrogen functional groups attached to an aromatic ring is 1. The summed E-state index contributed by atoms with van der Waals surface area (Å²) in [5.74, 6) is 1.23. The summed E-state index contributed by atoms with van der Waals surface area (Å²) in [7, 11) is 0. The number of fused-ring (bicyclic) bond motifs is 1. The first kappa shape index (κ1) is 13.0. The van der Waals surface area contributed by atoms with Crippen LogP contribution in [0.5, 0.6) is 11.5 Å². The molecule has 1 aliphatic rings. The van der Waals surface area contributed by atoms with Gasteiger partial charge < -0.3 is 15.2 Å². The van der Waals surface area contributed by atoms with Crippen LogP contribution < -0.4 is 15.2 Å². The number of aryl methyl sites for hydroxylation is 1. The molecule has 4 nitrogen and oxygen atoms in total. The fourth-order valence-electron chi connectivity index (χ4n) is 2.26. The maximum Gasteiger partial charge on any atom is 0.196 e. The van der Waals surface area contributed by atoms with Gasteiger partial charge in [-0.05, 0) is 37.6 Å². The van der Waals surface area contributed by atoms with Crippen molar-refractivity contribution in [2.75, 3.05) is 18.9 Å². The summed E-state index contributed by atoms with van der Waals surface area (Å²) in [4.78, 5) is 13.7. The second-order valence-corrected chi connectivity index (χ2v) is 5.97. The van der Waals surface area contributed by atoms with Crippen LogP contribution in [0.1, 0.15) is 26.4 Å². The topological polar surface area (TPSA) is 61.6 Å². The van der Waals surface area contributed by atoms with E-state index in [1.165, 1.54) is 11.3 Å². The van der Waals surface area contributed by atoms with Crippen molar-refractivity contribution in [3.05, 3.63) is 39.8 Å². The Kier molecular flexibility index (Phi) is 3.14. The molecule has 0 amide bonds. The lowest BCUT2D eigenvalue weighted by Crippen LogP contribution is -2.16. The summed E-state index contributed by atoms with van der Waals surface area (Å²) < 4.78 is 11.0. The first-order chi connectivity index (χ1) is 9.58. The minimum atomic E-state index is -0.0682. The van der Waals surface area contributed by atoms with Crippen molar-refractivity contribution in [3.63, 3.8) is 0 Å². The van der Waals surface area contributed by atoms with Crippen molar-refractivity contribution in [3.8, 4) is 11.5 Å². The molecule has 3 rings (SSSR count). The fraction of sp³-hybridized carbons (Fsp3) is 0.267. The Bertz CT molecular complexity index is 691. The second-order valence-electron chi connectivity index (χ2n) is 4.71. The van der Waals surface area contributed by atoms with Crippen LogP contribution in [-0.4, -0.2) is 19.0 Å². The highest BCUT2D eigenvalue weighted by Gasteiger charge is 2.21. The van der Waals surface area contributed by atoms with Crippen molar-refractivity contribution >= 4 is 22.1 Å². The zero-order valence-corrected chi connectivity index (χ0v) is 12.2. The predicted octanol–water partition coefficient (Wildman–Crippen LogP) is 2.95. The normalized spacial score (nSPS) is 13.3. The Morgan fingerprint density at radius 1 is 1.20 bits per heavy atom. The van der Waals surface area contributed by atoms with E-state index < -0.39 is 0 Å². The van der Waals surface area contributed by atoms with Gasteiger partial charge in [-0.2, -0.15) is 0 Å². The van der Waals surface area contributed by atoms with E-state index >= 15 is 0 Å². The van der Waals surface area contributed by atoms with Gasteiger partial charge in [0, 0.05) is 10.4 Å². The average Bonchev–Trinajstić information content (AvgIpc) is 2.71. The average molecular weight is 289 g/mol. The number of thiophene rings is 1. The fourth-order valence-corrected chi connectivity index (χ4v) is 3.20. The van der Waals surface area contributed by atoms with Gasteiger partial charge in [-0.1, -0.05) is 0 Å². The molecule has 104 valence electrons. The second kappa shape index (κ2) is 4.83. The van der Waals surface area contributed by atoms with E-state index in [9.17, 15) is 4.79 Å². The molecule has 0 saturated heterocycles. The maximum absolute atomic E-state index is 12.6. The molecule has 0 radical (unpaired) electrons. The molecule has 0 aliphatic carbocycles. The lowest BCUT2D eigenvalue weighted by Gasteiger charge is -2.18.